The van der Waals surface area contributed by atoms with Gasteiger partial charge in [-0.2, -0.15) is 0 Å². The number of carbonyl (C=O) groups excluding carboxylic acids is 1. The van der Waals surface area contributed by atoms with Gasteiger partial charge in [0.15, 0.2) is 0 Å². The molecular formula is C21H29Cl2N3O3. The maximum atomic E-state index is 12.4. The number of amides is 1. The molecule has 0 aliphatic carbocycles. The van der Waals surface area contributed by atoms with Crippen LogP contribution in [0.25, 0.3) is 0 Å². The van der Waals surface area contributed by atoms with E-state index in [4.69, 9.17) is 15.2 Å². The average molecular weight is 442 g/mol. The number of halogens is 2. The summed E-state index contributed by atoms with van der Waals surface area (Å²) in [4.78, 5) is 14.6. The van der Waals surface area contributed by atoms with Crippen LogP contribution in [0.3, 0.4) is 0 Å². The minimum Gasteiger partial charge on any atom is -0.497 e. The van der Waals surface area contributed by atoms with E-state index in [1.54, 1.807) is 14.2 Å². The highest BCUT2D eigenvalue weighted by Crippen LogP contribution is 2.30. The van der Waals surface area contributed by atoms with Crippen LogP contribution in [0.4, 0.5) is 5.69 Å². The Bertz CT molecular complexity index is 755. The van der Waals surface area contributed by atoms with Gasteiger partial charge in [0.05, 0.1) is 14.2 Å². The number of nitrogens with two attached hydrogens (primary N) is 1. The van der Waals surface area contributed by atoms with Crippen LogP contribution in [0.1, 0.15) is 24.4 Å². The van der Waals surface area contributed by atoms with Crippen LogP contribution in [0.15, 0.2) is 48.5 Å². The van der Waals surface area contributed by atoms with Crippen LogP contribution in [0.5, 0.6) is 11.5 Å². The number of nitrogens with one attached hydrogen (secondary N) is 1. The molecule has 0 spiro atoms. The predicted octanol–water partition coefficient (Wildman–Crippen LogP) is 3.33. The molecule has 1 aliphatic rings. The van der Waals surface area contributed by atoms with Crippen molar-refractivity contribution in [1.29, 1.82) is 0 Å². The third-order valence-corrected chi connectivity index (χ3v) is 4.89. The SMILES string of the molecule is COc1cc(OC)cc(N2CCC(NC(=O)CC(N)c3ccccc3)C2)c1.Cl.Cl. The van der Waals surface area contributed by atoms with Gasteiger partial charge in [0.2, 0.25) is 5.91 Å². The van der Waals surface area contributed by atoms with Crippen LogP contribution >= 0.6 is 24.8 Å². The first-order valence-corrected chi connectivity index (χ1v) is 9.17. The Labute approximate surface area is 184 Å². The van der Waals surface area contributed by atoms with E-state index in [2.05, 4.69) is 10.2 Å². The minimum absolute atomic E-state index is 0. The second kappa shape index (κ2) is 11.8. The van der Waals surface area contributed by atoms with Crippen molar-refractivity contribution in [3.8, 4) is 11.5 Å². The molecule has 1 fully saturated rings. The molecule has 2 atom stereocenters. The fourth-order valence-electron chi connectivity index (χ4n) is 3.39. The van der Waals surface area contributed by atoms with Gasteiger partial charge in [-0.15, -0.1) is 24.8 Å². The predicted molar refractivity (Wildman–Crippen MR) is 121 cm³/mol. The molecule has 1 saturated heterocycles. The maximum Gasteiger partial charge on any atom is 0.222 e. The lowest BCUT2D eigenvalue weighted by molar-refractivity contribution is -0.122. The molecule has 160 valence electrons. The quantitative estimate of drug-likeness (QED) is 0.688. The average Bonchev–Trinajstić information content (AvgIpc) is 3.16. The zero-order chi connectivity index (χ0) is 19.2. The lowest BCUT2D eigenvalue weighted by Crippen LogP contribution is -2.38. The monoisotopic (exact) mass is 441 g/mol. The summed E-state index contributed by atoms with van der Waals surface area (Å²) in [6.45, 7) is 1.62. The van der Waals surface area contributed by atoms with Gasteiger partial charge in [-0.1, -0.05) is 30.3 Å². The Morgan fingerprint density at radius 1 is 1.14 bits per heavy atom. The Morgan fingerprint density at radius 2 is 1.76 bits per heavy atom. The highest BCUT2D eigenvalue weighted by atomic mass is 35.5. The lowest BCUT2D eigenvalue weighted by Gasteiger charge is -2.21. The van der Waals surface area contributed by atoms with Crippen LogP contribution in [0.2, 0.25) is 0 Å². The lowest BCUT2D eigenvalue weighted by atomic mass is 10.0. The van der Waals surface area contributed by atoms with Gasteiger partial charge in [-0.05, 0) is 12.0 Å². The molecule has 0 radical (unpaired) electrons. The first-order valence-electron chi connectivity index (χ1n) is 9.17. The van der Waals surface area contributed by atoms with Gasteiger partial charge in [0.25, 0.3) is 0 Å². The van der Waals surface area contributed by atoms with Crippen LogP contribution < -0.4 is 25.4 Å². The fraction of sp³-hybridized carbons (Fsp3) is 0.381. The molecule has 0 bridgehead atoms. The van der Waals surface area contributed by atoms with Crippen LogP contribution in [0, 0.1) is 0 Å². The highest BCUT2D eigenvalue weighted by molar-refractivity contribution is 5.85. The topological polar surface area (TPSA) is 76.8 Å². The zero-order valence-corrected chi connectivity index (χ0v) is 18.3. The Morgan fingerprint density at radius 3 is 2.34 bits per heavy atom. The van der Waals surface area contributed by atoms with Crippen molar-refractivity contribution in [2.75, 3.05) is 32.2 Å². The summed E-state index contributed by atoms with van der Waals surface area (Å²) in [6, 6.07) is 15.4. The van der Waals surface area contributed by atoms with E-state index in [-0.39, 0.29) is 49.2 Å². The van der Waals surface area contributed by atoms with E-state index in [0.717, 1.165) is 42.3 Å². The normalized spacial score (nSPS) is 16.2. The largest absolute Gasteiger partial charge is 0.497 e. The first kappa shape index (κ1) is 24.9. The minimum atomic E-state index is -0.286. The molecule has 8 heteroatoms. The van der Waals surface area contributed by atoms with Gasteiger partial charge in [-0.3, -0.25) is 4.79 Å². The maximum absolute atomic E-state index is 12.4. The summed E-state index contributed by atoms with van der Waals surface area (Å²) in [5.41, 5.74) is 8.16. The molecule has 1 amide bonds. The number of carbonyl (C=O) groups is 1. The molecule has 3 N–H and O–H groups in total. The van der Waals surface area contributed by atoms with Crippen molar-refractivity contribution in [3.63, 3.8) is 0 Å². The van der Waals surface area contributed by atoms with Crippen molar-refractivity contribution < 1.29 is 14.3 Å². The molecule has 0 saturated carbocycles. The molecule has 2 aromatic rings. The van der Waals surface area contributed by atoms with Crippen LogP contribution in [-0.4, -0.2) is 39.3 Å². The van der Waals surface area contributed by atoms with Gasteiger partial charge in [-0.25, -0.2) is 0 Å². The molecule has 3 rings (SSSR count). The van der Waals surface area contributed by atoms with Crippen LogP contribution in [-0.2, 0) is 4.79 Å². The Kier molecular flexibility index (Phi) is 10.1. The smallest absolute Gasteiger partial charge is 0.222 e. The van der Waals surface area contributed by atoms with Gasteiger partial charge >= 0.3 is 0 Å². The van der Waals surface area contributed by atoms with Crippen molar-refractivity contribution in [2.45, 2.75) is 24.9 Å². The second-order valence-electron chi connectivity index (χ2n) is 6.79. The third-order valence-electron chi connectivity index (χ3n) is 4.89. The van der Waals surface area contributed by atoms with Crippen molar-refractivity contribution in [3.05, 3.63) is 54.1 Å². The standard InChI is InChI=1S/C21H27N3O3.2ClH/c1-26-18-10-17(11-19(12-18)27-2)24-9-8-16(14-24)23-21(25)13-20(22)15-6-4-3-5-7-15;;/h3-7,10-12,16,20H,8-9,13-14,22H2,1-2H3,(H,23,25);2*1H. The summed E-state index contributed by atoms with van der Waals surface area (Å²) in [5, 5.41) is 3.11. The molecule has 0 aromatic heterocycles. The van der Waals surface area contributed by atoms with E-state index in [1.807, 2.05) is 48.5 Å². The van der Waals surface area contributed by atoms with Gasteiger partial charge in [0.1, 0.15) is 11.5 Å². The van der Waals surface area contributed by atoms with Gasteiger partial charge < -0.3 is 25.4 Å². The summed E-state index contributed by atoms with van der Waals surface area (Å²) in [6.07, 6.45) is 1.18. The molecule has 1 aliphatic heterocycles. The number of hydrogen-bond acceptors (Lipinski definition) is 5. The number of rotatable bonds is 7. The van der Waals surface area contributed by atoms with E-state index >= 15 is 0 Å². The summed E-state index contributed by atoms with van der Waals surface area (Å²) in [7, 11) is 3.28. The molecule has 6 nitrogen and oxygen atoms in total. The Balaban J connectivity index is 0.00000210. The van der Waals surface area contributed by atoms with E-state index in [9.17, 15) is 4.79 Å². The number of methoxy groups -OCH3 is 2. The molecule has 2 unspecified atom stereocenters. The summed E-state index contributed by atoms with van der Waals surface area (Å²) >= 11 is 0. The first-order chi connectivity index (χ1) is 13.1. The number of nitrogens with zero attached hydrogens (tertiary/aromatic N) is 1. The number of ether oxygens (including phenoxy) is 2. The van der Waals surface area contributed by atoms with E-state index in [0.29, 0.717) is 0 Å². The number of benzene rings is 2. The van der Waals surface area contributed by atoms with E-state index < -0.39 is 0 Å². The van der Waals surface area contributed by atoms with Gasteiger partial charge in [0, 0.05) is 55.5 Å². The molecule has 2 aromatic carbocycles. The molecule has 29 heavy (non-hydrogen) atoms. The number of hydrogen-bond donors (Lipinski definition) is 2. The zero-order valence-electron chi connectivity index (χ0n) is 16.7. The second-order valence-corrected chi connectivity index (χ2v) is 6.79. The summed E-state index contributed by atoms with van der Waals surface area (Å²) < 4.78 is 10.7. The van der Waals surface area contributed by atoms with E-state index in [1.165, 1.54) is 0 Å². The van der Waals surface area contributed by atoms with Crippen molar-refractivity contribution in [2.24, 2.45) is 5.73 Å². The van der Waals surface area contributed by atoms with Crippen molar-refractivity contribution >= 4 is 36.4 Å². The van der Waals surface area contributed by atoms with Crippen molar-refractivity contribution in [1.82, 2.24) is 5.32 Å². The Hall–Kier alpha value is -2.15. The highest BCUT2D eigenvalue weighted by Gasteiger charge is 2.25. The molecule has 1 heterocycles. The summed E-state index contributed by atoms with van der Waals surface area (Å²) in [5.74, 6) is 1.50. The third kappa shape index (κ3) is 6.70. The fourth-order valence-corrected chi connectivity index (χ4v) is 3.39. The number of anilines is 1. The molecular weight excluding hydrogens is 413 g/mol.